The fourth-order valence-corrected chi connectivity index (χ4v) is 4.88. The Kier molecular flexibility index (Phi) is 12.9. The van der Waals surface area contributed by atoms with Gasteiger partial charge in [0, 0.05) is 5.92 Å². The van der Waals surface area contributed by atoms with E-state index < -0.39 is 0 Å². The molecule has 182 valence electrons. The van der Waals surface area contributed by atoms with E-state index in [1.807, 2.05) is 0 Å². The van der Waals surface area contributed by atoms with Crippen LogP contribution in [0.1, 0.15) is 119 Å². The van der Waals surface area contributed by atoms with Crippen molar-refractivity contribution in [1.29, 1.82) is 0 Å². The van der Waals surface area contributed by atoms with Gasteiger partial charge in [0.2, 0.25) is 0 Å². The van der Waals surface area contributed by atoms with E-state index in [4.69, 9.17) is 4.74 Å². The van der Waals surface area contributed by atoms with Crippen molar-refractivity contribution in [2.24, 2.45) is 0 Å². The average molecular weight is 451 g/mol. The van der Waals surface area contributed by atoms with Crippen LogP contribution in [0, 0.1) is 0 Å². The van der Waals surface area contributed by atoms with Gasteiger partial charge >= 0.3 is 5.97 Å². The van der Waals surface area contributed by atoms with Gasteiger partial charge in [-0.15, -0.1) is 0 Å². The summed E-state index contributed by atoms with van der Waals surface area (Å²) in [5, 5.41) is 0. The molecule has 2 aromatic rings. The van der Waals surface area contributed by atoms with Crippen molar-refractivity contribution in [2.45, 2.75) is 110 Å². The zero-order valence-electron chi connectivity index (χ0n) is 21.6. The summed E-state index contributed by atoms with van der Waals surface area (Å²) in [6.07, 6.45) is 14.0. The maximum atomic E-state index is 12.3. The first-order chi connectivity index (χ1) is 16.1. The molecule has 2 unspecified atom stereocenters. The molecule has 0 aliphatic heterocycles. The van der Waals surface area contributed by atoms with Crippen molar-refractivity contribution in [3.8, 4) is 0 Å². The number of hydrogen-bond donors (Lipinski definition) is 0. The first-order valence-electron chi connectivity index (χ1n) is 13.4. The maximum Gasteiger partial charge on any atom is 0.306 e. The quantitative estimate of drug-likeness (QED) is 0.189. The third-order valence-corrected chi connectivity index (χ3v) is 6.99. The van der Waals surface area contributed by atoms with E-state index in [0.717, 1.165) is 19.3 Å². The van der Waals surface area contributed by atoms with Crippen molar-refractivity contribution in [2.75, 3.05) is 7.11 Å². The van der Waals surface area contributed by atoms with E-state index in [1.54, 1.807) is 0 Å². The van der Waals surface area contributed by atoms with Crippen LogP contribution in [0.4, 0.5) is 0 Å². The number of esters is 1. The molecule has 33 heavy (non-hydrogen) atoms. The van der Waals surface area contributed by atoms with Gasteiger partial charge in [-0.25, -0.2) is 0 Å². The molecule has 2 rings (SSSR count). The predicted octanol–water partition coefficient (Wildman–Crippen LogP) is 8.77. The first kappa shape index (κ1) is 27.2. The Morgan fingerprint density at radius 3 is 1.52 bits per heavy atom. The van der Waals surface area contributed by atoms with Crippen molar-refractivity contribution in [1.82, 2.24) is 0 Å². The van der Waals surface area contributed by atoms with Gasteiger partial charge in [-0.05, 0) is 60.3 Å². The van der Waals surface area contributed by atoms with E-state index in [-0.39, 0.29) is 11.9 Å². The highest BCUT2D eigenvalue weighted by molar-refractivity contribution is 5.70. The molecule has 0 heterocycles. The Morgan fingerprint density at radius 2 is 1.12 bits per heavy atom. The molecule has 0 fully saturated rings. The SMILES string of the molecule is CCCCCCc1ccc(C(CC)C(CC(=O)OC)c2ccc(CCCCCC)cc2)cc1. The first-order valence-corrected chi connectivity index (χ1v) is 13.4. The number of rotatable bonds is 16. The van der Waals surface area contributed by atoms with E-state index in [9.17, 15) is 4.79 Å². The largest absolute Gasteiger partial charge is 0.469 e. The molecule has 0 saturated heterocycles. The van der Waals surface area contributed by atoms with Crippen LogP contribution in [0.15, 0.2) is 48.5 Å². The average Bonchev–Trinajstić information content (AvgIpc) is 2.85. The molecule has 0 saturated carbocycles. The molecule has 0 spiro atoms. The number of carbonyl (C=O) groups is 1. The topological polar surface area (TPSA) is 26.3 Å². The highest BCUT2D eigenvalue weighted by Gasteiger charge is 2.26. The highest BCUT2D eigenvalue weighted by Crippen LogP contribution is 2.38. The van der Waals surface area contributed by atoms with Gasteiger partial charge in [0.1, 0.15) is 0 Å². The van der Waals surface area contributed by atoms with E-state index in [2.05, 4.69) is 69.3 Å². The normalized spacial score (nSPS) is 13.0. The van der Waals surface area contributed by atoms with Gasteiger partial charge < -0.3 is 4.74 Å². The maximum absolute atomic E-state index is 12.3. The van der Waals surface area contributed by atoms with Gasteiger partial charge in [-0.2, -0.15) is 0 Å². The fraction of sp³-hybridized carbons (Fsp3) is 0.581. The van der Waals surface area contributed by atoms with Crippen molar-refractivity contribution in [3.05, 3.63) is 70.8 Å². The second-order valence-corrected chi connectivity index (χ2v) is 9.51. The number of carbonyl (C=O) groups excluding carboxylic acids is 1. The van der Waals surface area contributed by atoms with E-state index >= 15 is 0 Å². The smallest absolute Gasteiger partial charge is 0.306 e. The molecule has 0 bridgehead atoms. The Bertz CT molecular complexity index is 776. The highest BCUT2D eigenvalue weighted by atomic mass is 16.5. The standard InChI is InChI=1S/C31H46O2/c1-5-8-10-12-14-25-16-20-27(21-17-25)29(7-3)30(24-31(32)33-4)28-22-18-26(19-23-28)15-13-11-9-6-2/h16-23,29-30H,5-15,24H2,1-4H3. The number of hydrogen-bond acceptors (Lipinski definition) is 2. The lowest BCUT2D eigenvalue weighted by Crippen LogP contribution is -2.16. The van der Waals surface area contributed by atoms with Crippen LogP contribution in [-0.2, 0) is 22.4 Å². The number of unbranched alkanes of at least 4 members (excludes halogenated alkanes) is 6. The summed E-state index contributed by atoms with van der Waals surface area (Å²) in [5.74, 6) is 0.301. The second-order valence-electron chi connectivity index (χ2n) is 9.51. The summed E-state index contributed by atoms with van der Waals surface area (Å²) in [5.41, 5.74) is 5.38. The minimum Gasteiger partial charge on any atom is -0.469 e. The molecule has 0 aromatic heterocycles. The fourth-order valence-electron chi connectivity index (χ4n) is 4.88. The van der Waals surface area contributed by atoms with Crippen LogP contribution in [0.2, 0.25) is 0 Å². The van der Waals surface area contributed by atoms with E-state index in [0.29, 0.717) is 12.3 Å². The number of ether oxygens (including phenoxy) is 1. The van der Waals surface area contributed by atoms with Gasteiger partial charge in [-0.1, -0.05) is 108 Å². The zero-order valence-corrected chi connectivity index (χ0v) is 21.6. The summed E-state index contributed by atoms with van der Waals surface area (Å²) < 4.78 is 5.08. The molecule has 2 aromatic carbocycles. The van der Waals surface area contributed by atoms with Crippen molar-refractivity contribution >= 4 is 5.97 Å². The molecule has 2 heteroatoms. The Balaban J connectivity index is 2.14. The summed E-state index contributed by atoms with van der Waals surface area (Å²) in [4.78, 5) is 12.3. The van der Waals surface area contributed by atoms with Crippen LogP contribution < -0.4 is 0 Å². The van der Waals surface area contributed by atoms with Gasteiger partial charge in [-0.3, -0.25) is 4.79 Å². The third-order valence-electron chi connectivity index (χ3n) is 6.99. The summed E-state index contributed by atoms with van der Waals surface area (Å²) in [6.45, 7) is 6.74. The monoisotopic (exact) mass is 450 g/mol. The van der Waals surface area contributed by atoms with Gasteiger partial charge in [0.15, 0.2) is 0 Å². The molecule has 0 N–H and O–H groups in total. The van der Waals surface area contributed by atoms with Gasteiger partial charge in [0.25, 0.3) is 0 Å². The lowest BCUT2D eigenvalue weighted by molar-refractivity contribution is -0.141. The Labute approximate surface area is 203 Å². The number of methoxy groups -OCH3 is 1. The molecular formula is C31H46O2. The molecule has 0 aliphatic carbocycles. The van der Waals surface area contributed by atoms with Crippen molar-refractivity contribution in [3.63, 3.8) is 0 Å². The zero-order chi connectivity index (χ0) is 23.9. The number of benzene rings is 2. The van der Waals surface area contributed by atoms with E-state index in [1.165, 1.54) is 80.7 Å². The lowest BCUT2D eigenvalue weighted by atomic mass is 9.77. The summed E-state index contributed by atoms with van der Waals surface area (Å²) >= 11 is 0. The van der Waals surface area contributed by atoms with Crippen molar-refractivity contribution < 1.29 is 9.53 Å². The third kappa shape index (κ3) is 9.35. The van der Waals surface area contributed by atoms with Crippen LogP contribution in [0.25, 0.3) is 0 Å². The van der Waals surface area contributed by atoms with Crippen LogP contribution in [0.5, 0.6) is 0 Å². The van der Waals surface area contributed by atoms with Crippen LogP contribution >= 0.6 is 0 Å². The second kappa shape index (κ2) is 15.7. The molecule has 2 atom stereocenters. The predicted molar refractivity (Wildman–Crippen MR) is 141 cm³/mol. The van der Waals surface area contributed by atoms with Gasteiger partial charge in [0.05, 0.1) is 13.5 Å². The lowest BCUT2D eigenvalue weighted by Gasteiger charge is -2.27. The number of aryl methyl sites for hydroxylation is 2. The molecule has 0 aliphatic rings. The molecular weight excluding hydrogens is 404 g/mol. The van der Waals surface area contributed by atoms with Crippen LogP contribution in [-0.4, -0.2) is 13.1 Å². The summed E-state index contributed by atoms with van der Waals surface area (Å²) in [6, 6.07) is 18.2. The Morgan fingerprint density at radius 1 is 0.667 bits per heavy atom. The molecule has 0 radical (unpaired) electrons. The molecule has 2 nitrogen and oxygen atoms in total. The Hall–Kier alpha value is -2.09. The minimum absolute atomic E-state index is 0.130. The minimum atomic E-state index is -0.130. The molecule has 0 amide bonds. The van der Waals surface area contributed by atoms with Crippen LogP contribution in [0.3, 0.4) is 0 Å². The summed E-state index contributed by atoms with van der Waals surface area (Å²) in [7, 11) is 1.49.